The molecule has 158 valence electrons. The standard InChI is InChI=1S/C24H20ClNO5/c1-2-30-18-11-5-15(6-12-18)14-26-21(19-4-3-13-31-19)20(23(28)24(26)29)22(27)16-7-9-17(25)10-8-16/h3-13,21,27H,2,14H2,1H3/b22-20-. The first-order valence-electron chi connectivity index (χ1n) is 9.79. The van der Waals surface area contributed by atoms with Gasteiger partial charge >= 0.3 is 0 Å². The molecule has 1 N–H and O–H groups in total. The lowest BCUT2D eigenvalue weighted by molar-refractivity contribution is -0.140. The largest absolute Gasteiger partial charge is 0.507 e. The van der Waals surface area contributed by atoms with Crippen LogP contribution in [0.15, 0.2) is 76.9 Å². The molecule has 0 spiro atoms. The Labute approximate surface area is 184 Å². The van der Waals surface area contributed by atoms with Crippen molar-refractivity contribution < 1.29 is 23.8 Å². The third-order valence-corrected chi connectivity index (χ3v) is 5.31. The molecule has 1 amide bonds. The van der Waals surface area contributed by atoms with E-state index in [1.807, 2.05) is 31.2 Å². The summed E-state index contributed by atoms with van der Waals surface area (Å²) >= 11 is 5.93. The van der Waals surface area contributed by atoms with Gasteiger partial charge in [-0.05, 0) is 61.0 Å². The lowest BCUT2D eigenvalue weighted by Gasteiger charge is -2.23. The molecule has 3 aromatic rings. The van der Waals surface area contributed by atoms with Crippen molar-refractivity contribution in [3.63, 3.8) is 0 Å². The number of carbonyl (C=O) groups is 2. The Morgan fingerprint density at radius 3 is 2.42 bits per heavy atom. The van der Waals surface area contributed by atoms with E-state index >= 15 is 0 Å². The maximum absolute atomic E-state index is 12.9. The van der Waals surface area contributed by atoms with Crippen LogP contribution in [0, 0.1) is 0 Å². The monoisotopic (exact) mass is 437 g/mol. The lowest BCUT2D eigenvalue weighted by Crippen LogP contribution is -2.29. The normalized spacial score (nSPS) is 17.9. The number of carbonyl (C=O) groups excluding carboxylic acids is 2. The summed E-state index contributed by atoms with van der Waals surface area (Å²) < 4.78 is 11.0. The van der Waals surface area contributed by atoms with Crippen LogP contribution >= 0.6 is 11.6 Å². The minimum Gasteiger partial charge on any atom is -0.507 e. The Morgan fingerprint density at radius 2 is 1.81 bits per heavy atom. The predicted octanol–water partition coefficient (Wildman–Crippen LogP) is 4.95. The van der Waals surface area contributed by atoms with E-state index in [-0.39, 0.29) is 17.9 Å². The van der Waals surface area contributed by atoms with Crippen molar-refractivity contribution in [3.8, 4) is 5.75 Å². The molecule has 2 aromatic carbocycles. The zero-order valence-corrected chi connectivity index (χ0v) is 17.5. The molecular weight excluding hydrogens is 418 g/mol. The van der Waals surface area contributed by atoms with Gasteiger partial charge in [-0.2, -0.15) is 0 Å². The molecule has 1 fully saturated rings. The minimum atomic E-state index is -0.850. The number of hydrogen-bond donors (Lipinski definition) is 1. The first-order chi connectivity index (χ1) is 15.0. The Kier molecular flexibility index (Phi) is 5.82. The molecule has 1 unspecified atom stereocenters. The number of aliphatic hydroxyl groups is 1. The van der Waals surface area contributed by atoms with Gasteiger partial charge in [0.15, 0.2) is 0 Å². The summed E-state index contributed by atoms with van der Waals surface area (Å²) in [5, 5.41) is 11.4. The van der Waals surface area contributed by atoms with Crippen LogP contribution in [0.3, 0.4) is 0 Å². The van der Waals surface area contributed by atoms with Crippen LogP contribution in [-0.4, -0.2) is 28.3 Å². The van der Waals surface area contributed by atoms with Crippen molar-refractivity contribution in [2.24, 2.45) is 0 Å². The van der Waals surface area contributed by atoms with Crippen molar-refractivity contribution in [1.82, 2.24) is 4.90 Å². The molecule has 1 aliphatic rings. The molecule has 2 heterocycles. The van der Waals surface area contributed by atoms with Crippen LogP contribution in [0.5, 0.6) is 5.75 Å². The number of Topliss-reactive ketones (excluding diaryl/α,β-unsaturated/α-hetero) is 1. The lowest BCUT2D eigenvalue weighted by atomic mass is 9.99. The number of benzene rings is 2. The highest BCUT2D eigenvalue weighted by atomic mass is 35.5. The number of ether oxygens (including phenoxy) is 1. The summed E-state index contributed by atoms with van der Waals surface area (Å²) in [7, 11) is 0. The summed E-state index contributed by atoms with van der Waals surface area (Å²) in [6.07, 6.45) is 1.47. The smallest absolute Gasteiger partial charge is 0.296 e. The minimum absolute atomic E-state index is 0.0202. The van der Waals surface area contributed by atoms with Crippen LogP contribution in [0.1, 0.15) is 29.9 Å². The average Bonchev–Trinajstić information content (AvgIpc) is 3.38. The van der Waals surface area contributed by atoms with Crippen LogP contribution in [0.4, 0.5) is 0 Å². The third-order valence-electron chi connectivity index (χ3n) is 5.06. The molecule has 0 radical (unpaired) electrons. The molecule has 6 nitrogen and oxygen atoms in total. The van der Waals surface area contributed by atoms with Gasteiger partial charge in [-0.1, -0.05) is 23.7 Å². The fourth-order valence-corrected chi connectivity index (χ4v) is 3.73. The molecule has 0 aliphatic carbocycles. The van der Waals surface area contributed by atoms with Crippen molar-refractivity contribution in [3.05, 3.63) is 94.4 Å². The van der Waals surface area contributed by atoms with Crippen molar-refractivity contribution in [2.45, 2.75) is 19.5 Å². The Balaban J connectivity index is 1.75. The second kappa shape index (κ2) is 8.70. The maximum atomic E-state index is 12.9. The summed E-state index contributed by atoms with van der Waals surface area (Å²) in [5.74, 6) is -0.629. The number of nitrogens with zero attached hydrogens (tertiary/aromatic N) is 1. The van der Waals surface area contributed by atoms with Crippen LogP contribution in [-0.2, 0) is 16.1 Å². The molecule has 1 aromatic heterocycles. The zero-order valence-electron chi connectivity index (χ0n) is 16.7. The number of furan rings is 1. The number of ketones is 1. The molecule has 4 rings (SSSR count). The van der Waals surface area contributed by atoms with Crippen LogP contribution in [0.2, 0.25) is 5.02 Å². The van der Waals surface area contributed by atoms with E-state index in [2.05, 4.69) is 0 Å². The molecule has 31 heavy (non-hydrogen) atoms. The molecule has 1 saturated heterocycles. The maximum Gasteiger partial charge on any atom is 0.296 e. The molecule has 0 bridgehead atoms. The van der Waals surface area contributed by atoms with E-state index in [0.717, 1.165) is 11.3 Å². The van der Waals surface area contributed by atoms with Gasteiger partial charge in [-0.15, -0.1) is 0 Å². The van der Waals surface area contributed by atoms with Crippen molar-refractivity contribution in [1.29, 1.82) is 0 Å². The predicted molar refractivity (Wildman–Crippen MR) is 116 cm³/mol. The number of likely N-dealkylation sites (tertiary alicyclic amines) is 1. The number of aliphatic hydroxyl groups excluding tert-OH is 1. The van der Waals surface area contributed by atoms with Gasteiger partial charge in [-0.3, -0.25) is 9.59 Å². The first-order valence-corrected chi connectivity index (χ1v) is 10.2. The average molecular weight is 438 g/mol. The van der Waals surface area contributed by atoms with Crippen LogP contribution < -0.4 is 4.74 Å². The highest BCUT2D eigenvalue weighted by Crippen LogP contribution is 2.40. The molecule has 7 heteroatoms. The van der Waals surface area contributed by atoms with Gasteiger partial charge in [0.25, 0.3) is 11.7 Å². The van der Waals surface area contributed by atoms with Crippen molar-refractivity contribution >= 4 is 29.1 Å². The van der Waals surface area contributed by atoms with Gasteiger partial charge in [0.1, 0.15) is 23.3 Å². The second-order valence-electron chi connectivity index (χ2n) is 7.03. The number of amides is 1. The van der Waals surface area contributed by atoms with E-state index in [4.69, 9.17) is 20.8 Å². The molecule has 0 saturated carbocycles. The Hall–Kier alpha value is -3.51. The Bertz CT molecular complexity index is 1120. The quantitative estimate of drug-likeness (QED) is 0.335. The van der Waals surface area contributed by atoms with E-state index < -0.39 is 17.7 Å². The number of hydrogen-bond acceptors (Lipinski definition) is 5. The van der Waals surface area contributed by atoms with Crippen LogP contribution in [0.25, 0.3) is 5.76 Å². The van der Waals surface area contributed by atoms with Gasteiger partial charge in [0, 0.05) is 17.1 Å². The first kappa shape index (κ1) is 20.8. The summed E-state index contributed by atoms with van der Waals surface area (Å²) in [6, 6.07) is 16.2. The van der Waals surface area contributed by atoms with E-state index in [1.54, 1.807) is 36.4 Å². The SMILES string of the molecule is CCOc1ccc(CN2C(=O)C(=O)/C(=C(\O)c3ccc(Cl)cc3)C2c2ccco2)cc1. The topological polar surface area (TPSA) is 80.0 Å². The highest BCUT2D eigenvalue weighted by Gasteiger charge is 2.47. The number of halogens is 1. The summed E-state index contributed by atoms with van der Waals surface area (Å²) in [6.45, 7) is 2.62. The van der Waals surface area contributed by atoms with E-state index in [0.29, 0.717) is 23.0 Å². The summed E-state index contributed by atoms with van der Waals surface area (Å²) in [4.78, 5) is 27.3. The molecule has 1 aliphatic heterocycles. The highest BCUT2D eigenvalue weighted by molar-refractivity contribution is 6.46. The fourth-order valence-electron chi connectivity index (χ4n) is 3.60. The summed E-state index contributed by atoms with van der Waals surface area (Å²) in [5.41, 5.74) is 1.18. The number of rotatable bonds is 6. The zero-order chi connectivity index (χ0) is 22.0. The fraction of sp³-hybridized carbons (Fsp3) is 0.167. The van der Waals surface area contributed by atoms with Crippen molar-refractivity contribution in [2.75, 3.05) is 6.61 Å². The van der Waals surface area contributed by atoms with Gasteiger partial charge < -0.3 is 19.2 Å². The third kappa shape index (κ3) is 4.07. The van der Waals surface area contributed by atoms with Gasteiger partial charge in [0.05, 0.1) is 18.4 Å². The molecular formula is C24H20ClNO5. The van der Waals surface area contributed by atoms with E-state index in [1.165, 1.54) is 11.2 Å². The van der Waals surface area contributed by atoms with Gasteiger partial charge in [0.2, 0.25) is 0 Å². The van der Waals surface area contributed by atoms with E-state index in [9.17, 15) is 14.7 Å². The molecule has 1 atom stereocenters. The Morgan fingerprint density at radius 1 is 1.10 bits per heavy atom. The van der Waals surface area contributed by atoms with Gasteiger partial charge in [-0.25, -0.2) is 0 Å². The second-order valence-corrected chi connectivity index (χ2v) is 7.46.